The predicted molar refractivity (Wildman–Crippen MR) is 128 cm³/mol. The number of amides is 2. The van der Waals surface area contributed by atoms with Crippen molar-refractivity contribution in [3.63, 3.8) is 0 Å². The van der Waals surface area contributed by atoms with Crippen LogP contribution < -0.4 is 10.6 Å². The molecular weight excluding hydrogens is 487 g/mol. The van der Waals surface area contributed by atoms with Gasteiger partial charge in [-0.05, 0) is 54.4 Å². The molecule has 0 heterocycles. The minimum atomic E-state index is -3.80. The summed E-state index contributed by atoms with van der Waals surface area (Å²) in [5.41, 5.74) is 1.16. The van der Waals surface area contributed by atoms with Crippen LogP contribution in [0.1, 0.15) is 34.5 Å². The predicted octanol–water partition coefficient (Wildman–Crippen LogP) is 5.55. The molecule has 0 saturated carbocycles. The van der Waals surface area contributed by atoms with Gasteiger partial charge in [0.1, 0.15) is 0 Å². The largest absolute Gasteiger partial charge is 0.478 e. The number of carbonyl (C=O) groups excluding carboxylic acids is 1. The summed E-state index contributed by atoms with van der Waals surface area (Å²) in [4.78, 5) is 23.7. The van der Waals surface area contributed by atoms with Crippen LogP contribution in [-0.4, -0.2) is 25.5 Å². The molecule has 172 valence electrons. The first kappa shape index (κ1) is 24.6. The van der Waals surface area contributed by atoms with Crippen LogP contribution >= 0.6 is 23.2 Å². The zero-order valence-electron chi connectivity index (χ0n) is 17.4. The molecule has 0 radical (unpaired) electrons. The molecule has 0 aromatic heterocycles. The van der Waals surface area contributed by atoms with Gasteiger partial charge in [-0.25, -0.2) is 18.0 Å². The molecule has 3 aromatic carbocycles. The number of urea groups is 1. The molecule has 3 N–H and O–H groups in total. The number of hydrogen-bond acceptors (Lipinski definition) is 4. The molecule has 3 rings (SSSR count). The Kier molecular flexibility index (Phi) is 7.63. The number of carboxylic acid groups (broad SMARTS) is 1. The molecule has 0 unspecified atom stereocenters. The van der Waals surface area contributed by atoms with Gasteiger partial charge in [-0.1, -0.05) is 53.5 Å². The summed E-state index contributed by atoms with van der Waals surface area (Å²) < 4.78 is 25.5. The van der Waals surface area contributed by atoms with Gasteiger partial charge < -0.3 is 15.7 Å². The summed E-state index contributed by atoms with van der Waals surface area (Å²) in [5, 5.41) is 15.4. The lowest BCUT2D eigenvalue weighted by Crippen LogP contribution is -2.31. The molecule has 0 fully saturated rings. The second-order valence-corrected chi connectivity index (χ2v) is 9.98. The van der Waals surface area contributed by atoms with Gasteiger partial charge in [0.05, 0.1) is 32.3 Å². The van der Waals surface area contributed by atoms with E-state index in [0.717, 1.165) is 0 Å². The molecule has 2 amide bonds. The molecular formula is C23H20Cl2N2O5S. The SMILES string of the molecule is C[C@H](NC(=O)Nc1ccc(S(=O)(=O)Cc2ccccc2C(=O)O)cc1)c1cccc(Cl)c1Cl. The van der Waals surface area contributed by atoms with E-state index in [0.29, 0.717) is 21.3 Å². The van der Waals surface area contributed by atoms with Gasteiger partial charge in [0.2, 0.25) is 0 Å². The smallest absolute Gasteiger partial charge is 0.335 e. The highest BCUT2D eigenvalue weighted by molar-refractivity contribution is 7.90. The molecule has 7 nitrogen and oxygen atoms in total. The third-order valence-corrected chi connectivity index (χ3v) is 7.38. The zero-order chi connectivity index (χ0) is 24.2. The maximum atomic E-state index is 12.8. The second kappa shape index (κ2) is 10.2. The van der Waals surface area contributed by atoms with Crippen molar-refractivity contribution < 1.29 is 23.1 Å². The van der Waals surface area contributed by atoms with Crippen LogP contribution in [0.25, 0.3) is 0 Å². The molecule has 0 bridgehead atoms. The highest BCUT2D eigenvalue weighted by Gasteiger charge is 2.20. The Bertz CT molecular complexity index is 1290. The van der Waals surface area contributed by atoms with E-state index in [-0.39, 0.29) is 16.0 Å². The first-order valence-electron chi connectivity index (χ1n) is 9.74. The quantitative estimate of drug-likeness (QED) is 0.388. The van der Waals surface area contributed by atoms with Crippen molar-refractivity contribution in [1.82, 2.24) is 5.32 Å². The fraction of sp³-hybridized carbons (Fsp3) is 0.130. The third-order valence-electron chi connectivity index (χ3n) is 4.86. The third kappa shape index (κ3) is 6.04. The van der Waals surface area contributed by atoms with Crippen LogP contribution in [0.15, 0.2) is 71.6 Å². The van der Waals surface area contributed by atoms with Crippen LogP contribution in [0.4, 0.5) is 10.5 Å². The Morgan fingerprint density at radius 1 is 0.970 bits per heavy atom. The van der Waals surface area contributed by atoms with Gasteiger partial charge in [-0.3, -0.25) is 0 Å². The minimum absolute atomic E-state index is 0.00715. The molecule has 33 heavy (non-hydrogen) atoms. The number of anilines is 1. The average Bonchev–Trinajstić information content (AvgIpc) is 2.75. The van der Waals surface area contributed by atoms with Gasteiger partial charge in [-0.2, -0.15) is 0 Å². The maximum Gasteiger partial charge on any atom is 0.335 e. The van der Waals surface area contributed by atoms with E-state index in [1.807, 2.05) is 0 Å². The number of sulfone groups is 1. The Labute approximate surface area is 201 Å². The Morgan fingerprint density at radius 3 is 2.30 bits per heavy atom. The molecule has 0 aliphatic heterocycles. The first-order chi connectivity index (χ1) is 15.6. The van der Waals surface area contributed by atoms with Crippen molar-refractivity contribution in [3.05, 3.63) is 93.5 Å². The summed E-state index contributed by atoms with van der Waals surface area (Å²) >= 11 is 12.2. The molecule has 0 aliphatic rings. The monoisotopic (exact) mass is 506 g/mol. The number of rotatable bonds is 7. The number of halogens is 2. The van der Waals surface area contributed by atoms with Crippen LogP contribution in [0.3, 0.4) is 0 Å². The van der Waals surface area contributed by atoms with Crippen LogP contribution in [-0.2, 0) is 15.6 Å². The molecule has 3 aromatic rings. The van der Waals surface area contributed by atoms with E-state index in [1.165, 1.54) is 42.5 Å². The van der Waals surface area contributed by atoms with Gasteiger partial charge >= 0.3 is 12.0 Å². The van der Waals surface area contributed by atoms with Gasteiger partial charge in [-0.15, -0.1) is 0 Å². The lowest BCUT2D eigenvalue weighted by atomic mass is 10.1. The van der Waals surface area contributed by atoms with E-state index in [1.54, 1.807) is 31.2 Å². The van der Waals surface area contributed by atoms with E-state index < -0.39 is 33.6 Å². The van der Waals surface area contributed by atoms with Crippen molar-refractivity contribution in [3.8, 4) is 0 Å². The van der Waals surface area contributed by atoms with Crippen molar-refractivity contribution in [2.75, 3.05) is 5.32 Å². The Hall–Kier alpha value is -3.07. The number of benzene rings is 3. The Morgan fingerprint density at radius 2 is 1.64 bits per heavy atom. The number of carboxylic acids is 1. The second-order valence-electron chi connectivity index (χ2n) is 7.21. The summed E-state index contributed by atoms with van der Waals surface area (Å²) in [6.45, 7) is 1.75. The number of carbonyl (C=O) groups is 2. The molecule has 0 spiro atoms. The Balaban J connectivity index is 1.68. The van der Waals surface area contributed by atoms with E-state index in [2.05, 4.69) is 10.6 Å². The summed E-state index contributed by atoms with van der Waals surface area (Å²) in [5.74, 6) is -1.65. The average molecular weight is 507 g/mol. The van der Waals surface area contributed by atoms with Crippen molar-refractivity contribution >= 4 is 50.7 Å². The van der Waals surface area contributed by atoms with Crippen LogP contribution in [0.2, 0.25) is 10.0 Å². The molecule has 0 aliphatic carbocycles. The summed E-state index contributed by atoms with van der Waals surface area (Å²) in [6.07, 6.45) is 0. The van der Waals surface area contributed by atoms with Gasteiger partial charge in [0.15, 0.2) is 9.84 Å². The number of aromatic carboxylic acids is 1. The fourth-order valence-electron chi connectivity index (χ4n) is 3.18. The standard InChI is InChI=1S/C23H20Cl2N2O5S/c1-14(18-7-4-8-20(24)21(18)25)26-23(30)27-16-9-11-17(12-10-16)33(31,32)13-15-5-2-3-6-19(15)22(28)29/h2-12,14H,13H2,1H3,(H,28,29)(H2,26,27,30)/t14-/m0/s1. The van der Waals surface area contributed by atoms with E-state index in [9.17, 15) is 23.1 Å². The minimum Gasteiger partial charge on any atom is -0.478 e. The highest BCUT2D eigenvalue weighted by Crippen LogP contribution is 2.29. The molecule has 0 saturated heterocycles. The lowest BCUT2D eigenvalue weighted by Gasteiger charge is -2.17. The molecule has 10 heteroatoms. The summed E-state index contributed by atoms with van der Waals surface area (Å²) in [7, 11) is -3.80. The number of hydrogen-bond donors (Lipinski definition) is 3. The highest BCUT2D eigenvalue weighted by atomic mass is 35.5. The van der Waals surface area contributed by atoms with E-state index >= 15 is 0 Å². The molecule has 1 atom stereocenters. The van der Waals surface area contributed by atoms with Crippen molar-refractivity contribution in [2.45, 2.75) is 23.6 Å². The normalized spacial score (nSPS) is 12.1. The topological polar surface area (TPSA) is 113 Å². The lowest BCUT2D eigenvalue weighted by molar-refractivity contribution is 0.0696. The summed E-state index contributed by atoms with van der Waals surface area (Å²) in [6, 6.07) is 15.7. The first-order valence-corrected chi connectivity index (χ1v) is 12.1. The van der Waals surface area contributed by atoms with Crippen molar-refractivity contribution in [1.29, 1.82) is 0 Å². The zero-order valence-corrected chi connectivity index (χ0v) is 19.7. The van der Waals surface area contributed by atoms with E-state index in [4.69, 9.17) is 23.2 Å². The number of nitrogens with one attached hydrogen (secondary N) is 2. The van der Waals surface area contributed by atoms with Crippen LogP contribution in [0.5, 0.6) is 0 Å². The van der Waals surface area contributed by atoms with Gasteiger partial charge in [0, 0.05) is 5.69 Å². The van der Waals surface area contributed by atoms with Crippen LogP contribution in [0, 0.1) is 0 Å². The van der Waals surface area contributed by atoms with Crippen molar-refractivity contribution in [2.24, 2.45) is 0 Å². The fourth-order valence-corrected chi connectivity index (χ4v) is 5.04. The maximum absolute atomic E-state index is 12.8. The van der Waals surface area contributed by atoms with Gasteiger partial charge in [0.25, 0.3) is 0 Å².